The summed E-state index contributed by atoms with van der Waals surface area (Å²) in [5, 5.41) is 0.387. The van der Waals surface area contributed by atoms with Gasteiger partial charge < -0.3 is 18.6 Å². The quantitative estimate of drug-likeness (QED) is 0.287. The smallest absolute Gasteiger partial charge is 0.316 e. The van der Waals surface area contributed by atoms with Crippen molar-refractivity contribution in [1.82, 2.24) is 4.98 Å². The zero-order valence-corrected chi connectivity index (χ0v) is 17.6. The monoisotopic (exact) mass is 451 g/mol. The van der Waals surface area contributed by atoms with Gasteiger partial charge in [-0.2, -0.15) is 0 Å². The van der Waals surface area contributed by atoms with Crippen LogP contribution in [0.3, 0.4) is 0 Å². The minimum atomic E-state index is -0.613. The lowest BCUT2D eigenvalue weighted by atomic mass is 10.1. The van der Waals surface area contributed by atoms with Crippen molar-refractivity contribution in [1.29, 1.82) is 0 Å². The molecule has 4 aromatic rings. The Bertz CT molecular complexity index is 1230. The normalized spacial score (nSPS) is 15.2. The largest absolute Gasteiger partial charge is 0.460 e. The van der Waals surface area contributed by atoms with Crippen molar-refractivity contribution in [3.05, 3.63) is 89.2 Å². The minimum absolute atomic E-state index is 0.0148. The number of hydrogen-bond donors (Lipinski definition) is 0. The van der Waals surface area contributed by atoms with E-state index in [0.29, 0.717) is 27.7 Å². The number of oxazole rings is 1. The van der Waals surface area contributed by atoms with Gasteiger partial charge in [0.2, 0.25) is 6.29 Å². The zero-order valence-electron chi connectivity index (χ0n) is 16.8. The topological polar surface area (TPSA) is 70.8 Å². The van der Waals surface area contributed by atoms with Crippen molar-refractivity contribution in [3.8, 4) is 5.75 Å². The second-order valence-electron chi connectivity index (χ2n) is 7.12. The molecule has 0 saturated heterocycles. The highest BCUT2D eigenvalue weighted by Crippen LogP contribution is 2.37. The molecule has 2 heterocycles. The number of carbonyl (C=O) groups is 1. The van der Waals surface area contributed by atoms with Gasteiger partial charge in [-0.15, -0.1) is 0 Å². The van der Waals surface area contributed by atoms with E-state index >= 15 is 0 Å². The SMILES string of the molecule is O=C(CSc1nc2ccccc2o1)OCc1cc(F)cc2c1OC(c1ccccc1)OC2. The molecule has 5 rings (SSSR count). The minimum Gasteiger partial charge on any atom is -0.460 e. The number of esters is 1. The van der Waals surface area contributed by atoms with Crippen LogP contribution in [0.1, 0.15) is 23.0 Å². The van der Waals surface area contributed by atoms with Crippen LogP contribution in [-0.4, -0.2) is 16.7 Å². The van der Waals surface area contributed by atoms with E-state index < -0.39 is 18.1 Å². The van der Waals surface area contributed by atoms with Crippen LogP contribution in [0.15, 0.2) is 76.4 Å². The number of fused-ring (bicyclic) bond motifs is 2. The van der Waals surface area contributed by atoms with Crippen LogP contribution < -0.4 is 4.74 Å². The summed E-state index contributed by atoms with van der Waals surface area (Å²) in [6.45, 7) is 0.0791. The van der Waals surface area contributed by atoms with Crippen LogP contribution in [0, 0.1) is 5.82 Å². The van der Waals surface area contributed by atoms with Gasteiger partial charge in [0.15, 0.2) is 5.58 Å². The molecule has 0 bridgehead atoms. The summed E-state index contributed by atoms with van der Waals surface area (Å²) in [5.74, 6) is -0.421. The molecule has 0 amide bonds. The van der Waals surface area contributed by atoms with Crippen molar-refractivity contribution >= 4 is 28.8 Å². The molecular weight excluding hydrogens is 433 g/mol. The molecule has 0 N–H and O–H groups in total. The number of ether oxygens (including phenoxy) is 3. The third-order valence-corrected chi connectivity index (χ3v) is 5.67. The van der Waals surface area contributed by atoms with Gasteiger partial charge in [0, 0.05) is 16.7 Å². The number of nitrogens with zero attached hydrogens (tertiary/aromatic N) is 1. The van der Waals surface area contributed by atoms with Gasteiger partial charge in [0.1, 0.15) is 29.4 Å². The van der Waals surface area contributed by atoms with E-state index in [2.05, 4.69) is 4.98 Å². The van der Waals surface area contributed by atoms with Crippen LogP contribution in [0.2, 0.25) is 0 Å². The van der Waals surface area contributed by atoms with E-state index in [1.165, 1.54) is 12.1 Å². The fourth-order valence-electron chi connectivity index (χ4n) is 3.39. The summed E-state index contributed by atoms with van der Waals surface area (Å²) in [7, 11) is 0. The Morgan fingerprint density at radius 2 is 1.94 bits per heavy atom. The summed E-state index contributed by atoms with van der Waals surface area (Å²) in [6.07, 6.45) is -0.613. The molecule has 8 heteroatoms. The number of halogens is 1. The fourth-order valence-corrected chi connectivity index (χ4v) is 4.03. The molecule has 0 aliphatic carbocycles. The summed E-state index contributed by atoms with van der Waals surface area (Å²) >= 11 is 1.14. The standard InChI is InChI=1S/C24H18FNO5S/c25-18-10-16(22-17(11-18)13-29-23(31-22)15-6-2-1-3-7-15)12-28-21(27)14-32-24-26-19-8-4-5-9-20(19)30-24/h1-11,23H,12-14H2. The van der Waals surface area contributed by atoms with Crippen LogP contribution in [-0.2, 0) is 27.5 Å². The van der Waals surface area contributed by atoms with Gasteiger partial charge in [0.25, 0.3) is 5.22 Å². The first kappa shape index (κ1) is 20.5. The Morgan fingerprint density at radius 3 is 2.78 bits per heavy atom. The van der Waals surface area contributed by atoms with Crippen molar-refractivity contribution in [2.45, 2.75) is 24.7 Å². The molecule has 0 saturated carbocycles. The summed E-state index contributed by atoms with van der Waals surface area (Å²) in [5.41, 5.74) is 3.25. The molecule has 1 unspecified atom stereocenters. The molecule has 1 aliphatic heterocycles. The van der Waals surface area contributed by atoms with Gasteiger partial charge >= 0.3 is 5.97 Å². The summed E-state index contributed by atoms with van der Waals surface area (Å²) in [6, 6.07) is 19.5. The highest BCUT2D eigenvalue weighted by Gasteiger charge is 2.25. The van der Waals surface area contributed by atoms with E-state index in [1.54, 1.807) is 0 Å². The maximum Gasteiger partial charge on any atom is 0.316 e. The maximum atomic E-state index is 14.1. The van der Waals surface area contributed by atoms with Gasteiger partial charge in [-0.1, -0.05) is 54.2 Å². The lowest BCUT2D eigenvalue weighted by Gasteiger charge is -2.28. The average Bonchev–Trinajstić information content (AvgIpc) is 3.24. The van der Waals surface area contributed by atoms with Crippen LogP contribution >= 0.6 is 11.8 Å². The van der Waals surface area contributed by atoms with Crippen LogP contribution in [0.25, 0.3) is 11.1 Å². The third kappa shape index (κ3) is 4.46. The van der Waals surface area contributed by atoms with Gasteiger partial charge in [-0.05, 0) is 24.3 Å². The molecule has 3 aromatic carbocycles. The van der Waals surface area contributed by atoms with E-state index in [1.807, 2.05) is 54.6 Å². The van der Waals surface area contributed by atoms with Crippen molar-refractivity contribution in [2.75, 3.05) is 5.75 Å². The second-order valence-corrected chi connectivity index (χ2v) is 8.05. The predicted octanol–water partition coefficient (Wildman–Crippen LogP) is 5.41. The molecule has 1 aliphatic rings. The maximum absolute atomic E-state index is 14.1. The summed E-state index contributed by atoms with van der Waals surface area (Å²) < 4.78 is 36.8. The number of thioether (sulfide) groups is 1. The fraction of sp³-hybridized carbons (Fsp3) is 0.167. The Kier molecular flexibility index (Phi) is 5.79. The lowest BCUT2D eigenvalue weighted by Crippen LogP contribution is -2.20. The van der Waals surface area contributed by atoms with E-state index in [9.17, 15) is 9.18 Å². The number of rotatable bonds is 6. The molecule has 1 atom stereocenters. The third-order valence-electron chi connectivity index (χ3n) is 4.87. The first-order chi connectivity index (χ1) is 15.7. The zero-order chi connectivity index (χ0) is 21.9. The number of carbonyl (C=O) groups excluding carboxylic acids is 1. The number of hydrogen-bond acceptors (Lipinski definition) is 7. The van der Waals surface area contributed by atoms with Crippen LogP contribution in [0.4, 0.5) is 4.39 Å². The Morgan fingerprint density at radius 1 is 1.12 bits per heavy atom. The Balaban J connectivity index is 1.24. The molecule has 32 heavy (non-hydrogen) atoms. The molecule has 162 valence electrons. The van der Waals surface area contributed by atoms with Crippen molar-refractivity contribution in [3.63, 3.8) is 0 Å². The Labute approximate surface area is 187 Å². The van der Waals surface area contributed by atoms with E-state index in [-0.39, 0.29) is 19.0 Å². The van der Waals surface area contributed by atoms with Gasteiger partial charge in [0.05, 0.1) is 6.61 Å². The highest BCUT2D eigenvalue weighted by atomic mass is 32.2. The van der Waals surface area contributed by atoms with Crippen molar-refractivity contribution in [2.24, 2.45) is 0 Å². The number of benzene rings is 3. The van der Waals surface area contributed by atoms with Crippen LogP contribution in [0.5, 0.6) is 5.75 Å². The average molecular weight is 451 g/mol. The highest BCUT2D eigenvalue weighted by molar-refractivity contribution is 7.99. The van der Waals surface area contributed by atoms with E-state index in [0.717, 1.165) is 22.8 Å². The molecule has 0 fully saturated rings. The van der Waals surface area contributed by atoms with Gasteiger partial charge in [-0.25, -0.2) is 9.37 Å². The number of aromatic nitrogens is 1. The molecular formula is C24H18FNO5S. The molecule has 6 nitrogen and oxygen atoms in total. The number of para-hydroxylation sites is 2. The Hall–Kier alpha value is -3.36. The summed E-state index contributed by atoms with van der Waals surface area (Å²) in [4.78, 5) is 16.6. The van der Waals surface area contributed by atoms with E-state index in [4.69, 9.17) is 18.6 Å². The molecule has 0 spiro atoms. The second kappa shape index (κ2) is 9.02. The predicted molar refractivity (Wildman–Crippen MR) is 116 cm³/mol. The lowest BCUT2D eigenvalue weighted by molar-refractivity contribution is -0.142. The first-order valence-electron chi connectivity index (χ1n) is 9.94. The van der Waals surface area contributed by atoms with Gasteiger partial charge in [-0.3, -0.25) is 4.79 Å². The first-order valence-corrected chi connectivity index (χ1v) is 10.9. The molecule has 0 radical (unpaired) electrons. The molecule has 1 aromatic heterocycles. The van der Waals surface area contributed by atoms with Crippen molar-refractivity contribution < 1.29 is 27.8 Å².